The van der Waals surface area contributed by atoms with Crippen LogP contribution >= 0.6 is 15.9 Å². The number of benzene rings is 1. The Labute approximate surface area is 120 Å². The Morgan fingerprint density at radius 2 is 2.32 bits per heavy atom. The molecule has 1 aromatic carbocycles. The van der Waals surface area contributed by atoms with Gasteiger partial charge in [0, 0.05) is 22.6 Å². The van der Waals surface area contributed by atoms with Crippen LogP contribution in [0.25, 0.3) is 0 Å². The van der Waals surface area contributed by atoms with E-state index < -0.39 is 4.92 Å². The zero-order chi connectivity index (χ0) is 14.4. The molecule has 1 amide bonds. The predicted octanol–water partition coefficient (Wildman–Crippen LogP) is 3.44. The molecule has 1 rings (SSSR count). The highest BCUT2D eigenvalue weighted by molar-refractivity contribution is 9.10. The number of amides is 1. The summed E-state index contributed by atoms with van der Waals surface area (Å²) in [5.41, 5.74) is 0.328. The van der Waals surface area contributed by atoms with Gasteiger partial charge in [-0.05, 0) is 34.8 Å². The van der Waals surface area contributed by atoms with Crippen LogP contribution in [0.5, 0.6) is 0 Å². The van der Waals surface area contributed by atoms with Crippen LogP contribution in [-0.4, -0.2) is 16.9 Å². The van der Waals surface area contributed by atoms with Gasteiger partial charge < -0.3 is 5.32 Å². The van der Waals surface area contributed by atoms with Crippen molar-refractivity contribution < 1.29 is 9.72 Å². The Bertz CT molecular complexity index is 503. The van der Waals surface area contributed by atoms with Crippen molar-refractivity contribution in [1.82, 2.24) is 5.32 Å². The Kier molecular flexibility index (Phi) is 5.69. The summed E-state index contributed by atoms with van der Waals surface area (Å²) in [6.45, 7) is 5.61. The second-order valence-corrected chi connectivity index (χ2v) is 4.88. The van der Waals surface area contributed by atoms with Crippen LogP contribution in [0.1, 0.15) is 30.1 Å². The predicted molar refractivity (Wildman–Crippen MR) is 77.2 cm³/mol. The number of rotatable bonds is 6. The normalized spacial score (nSPS) is 11.7. The van der Waals surface area contributed by atoms with E-state index in [-0.39, 0.29) is 17.6 Å². The van der Waals surface area contributed by atoms with E-state index in [1.54, 1.807) is 6.08 Å². The summed E-state index contributed by atoms with van der Waals surface area (Å²) in [6, 6.07) is 4.10. The number of non-ortho nitro benzene ring substituents is 1. The summed E-state index contributed by atoms with van der Waals surface area (Å²) in [4.78, 5) is 22.2. The van der Waals surface area contributed by atoms with E-state index in [0.29, 0.717) is 16.5 Å². The van der Waals surface area contributed by atoms with Gasteiger partial charge in [-0.25, -0.2) is 0 Å². The number of halogens is 1. The molecule has 0 heterocycles. The van der Waals surface area contributed by atoms with Gasteiger partial charge in [-0.1, -0.05) is 13.0 Å². The third-order valence-electron chi connectivity index (χ3n) is 2.69. The van der Waals surface area contributed by atoms with Crippen LogP contribution in [0.3, 0.4) is 0 Å². The van der Waals surface area contributed by atoms with Crippen LogP contribution in [0.15, 0.2) is 35.3 Å². The monoisotopic (exact) mass is 326 g/mol. The number of nitrogens with one attached hydrogen (secondary N) is 1. The van der Waals surface area contributed by atoms with Crippen molar-refractivity contribution in [3.8, 4) is 0 Å². The summed E-state index contributed by atoms with van der Waals surface area (Å²) in [5, 5.41) is 13.5. The average Bonchev–Trinajstić information content (AvgIpc) is 2.37. The second kappa shape index (κ2) is 7.04. The van der Waals surface area contributed by atoms with Crippen molar-refractivity contribution in [2.45, 2.75) is 25.8 Å². The molecule has 1 N–H and O–H groups in total. The number of hydrogen-bond donors (Lipinski definition) is 1. The molecule has 1 aromatic rings. The first-order chi connectivity index (χ1) is 8.99. The number of carbonyl (C=O) groups is 1. The molecule has 19 heavy (non-hydrogen) atoms. The summed E-state index contributed by atoms with van der Waals surface area (Å²) in [7, 11) is 0. The molecule has 0 aromatic heterocycles. The molecule has 0 aliphatic rings. The minimum Gasteiger partial charge on any atom is -0.349 e. The van der Waals surface area contributed by atoms with E-state index in [9.17, 15) is 14.9 Å². The fourth-order valence-corrected chi connectivity index (χ4v) is 2.14. The van der Waals surface area contributed by atoms with Gasteiger partial charge in [0.2, 0.25) is 0 Å². The smallest absolute Gasteiger partial charge is 0.270 e. The number of nitro groups is 1. The van der Waals surface area contributed by atoms with Crippen molar-refractivity contribution in [3.05, 3.63) is 51.0 Å². The van der Waals surface area contributed by atoms with E-state index in [0.717, 1.165) is 6.42 Å². The zero-order valence-corrected chi connectivity index (χ0v) is 12.1. The van der Waals surface area contributed by atoms with Crippen LogP contribution in [0, 0.1) is 10.1 Å². The third kappa shape index (κ3) is 4.17. The van der Waals surface area contributed by atoms with E-state index >= 15 is 0 Å². The minimum absolute atomic E-state index is 0.0205. The molecule has 0 spiro atoms. The first kappa shape index (κ1) is 15.4. The van der Waals surface area contributed by atoms with Crippen LogP contribution < -0.4 is 5.32 Å². The molecule has 102 valence electrons. The maximum Gasteiger partial charge on any atom is 0.270 e. The van der Waals surface area contributed by atoms with Gasteiger partial charge in [-0.2, -0.15) is 0 Å². The first-order valence-electron chi connectivity index (χ1n) is 5.85. The van der Waals surface area contributed by atoms with Crippen molar-refractivity contribution in [2.24, 2.45) is 0 Å². The third-order valence-corrected chi connectivity index (χ3v) is 3.34. The Morgan fingerprint density at radius 3 is 2.79 bits per heavy atom. The Hall–Kier alpha value is -1.69. The largest absolute Gasteiger partial charge is 0.349 e. The number of carbonyl (C=O) groups excluding carboxylic acids is 1. The summed E-state index contributed by atoms with van der Waals surface area (Å²) in [6.07, 6.45) is 3.23. The van der Waals surface area contributed by atoms with Gasteiger partial charge in [0.05, 0.1) is 10.5 Å². The lowest BCUT2D eigenvalue weighted by Gasteiger charge is -2.15. The fourth-order valence-electron chi connectivity index (χ4n) is 1.59. The average molecular weight is 327 g/mol. The molecular formula is C13H15BrN2O3. The summed E-state index contributed by atoms with van der Waals surface area (Å²) < 4.78 is 0.410. The van der Waals surface area contributed by atoms with Crippen molar-refractivity contribution in [3.63, 3.8) is 0 Å². The molecular weight excluding hydrogens is 312 g/mol. The van der Waals surface area contributed by atoms with E-state index in [1.165, 1.54) is 18.2 Å². The molecule has 5 nitrogen and oxygen atoms in total. The molecule has 0 radical (unpaired) electrons. The molecule has 0 fully saturated rings. The van der Waals surface area contributed by atoms with Crippen molar-refractivity contribution in [2.75, 3.05) is 0 Å². The number of nitro benzene ring substituents is 1. The van der Waals surface area contributed by atoms with Gasteiger partial charge in [0.25, 0.3) is 11.6 Å². The topological polar surface area (TPSA) is 72.2 Å². The minimum atomic E-state index is -0.501. The standard InChI is InChI=1S/C13H15BrN2O3/c1-3-5-9(4-2)15-13(17)11-7-6-10(16(18)19)8-12(11)14/h3,6-9H,1,4-5H2,2H3,(H,15,17)/t9-/m1/s1. The van der Waals surface area contributed by atoms with Crippen molar-refractivity contribution in [1.29, 1.82) is 0 Å². The van der Waals surface area contributed by atoms with Crippen LogP contribution in [0.2, 0.25) is 0 Å². The lowest BCUT2D eigenvalue weighted by Crippen LogP contribution is -2.34. The van der Waals surface area contributed by atoms with Gasteiger partial charge in [-0.3, -0.25) is 14.9 Å². The van der Waals surface area contributed by atoms with Gasteiger partial charge in [0.15, 0.2) is 0 Å². The molecule has 0 aliphatic heterocycles. The van der Waals surface area contributed by atoms with Crippen molar-refractivity contribution >= 4 is 27.5 Å². The highest BCUT2D eigenvalue weighted by Crippen LogP contribution is 2.23. The number of nitrogens with zero attached hydrogens (tertiary/aromatic N) is 1. The SMILES string of the molecule is C=CC[C@@H](CC)NC(=O)c1ccc([N+](=O)[O-])cc1Br. The van der Waals surface area contributed by atoms with E-state index in [1.807, 2.05) is 6.92 Å². The molecule has 0 aliphatic carbocycles. The lowest BCUT2D eigenvalue weighted by molar-refractivity contribution is -0.384. The highest BCUT2D eigenvalue weighted by atomic mass is 79.9. The van der Waals surface area contributed by atoms with E-state index in [2.05, 4.69) is 27.8 Å². The van der Waals surface area contributed by atoms with Crippen LogP contribution in [-0.2, 0) is 0 Å². The quantitative estimate of drug-likeness (QED) is 0.494. The number of hydrogen-bond acceptors (Lipinski definition) is 3. The second-order valence-electron chi connectivity index (χ2n) is 4.02. The van der Waals surface area contributed by atoms with Gasteiger partial charge >= 0.3 is 0 Å². The summed E-state index contributed by atoms with van der Waals surface area (Å²) in [5.74, 6) is -0.254. The maximum absolute atomic E-state index is 12.0. The Morgan fingerprint density at radius 1 is 1.63 bits per heavy atom. The highest BCUT2D eigenvalue weighted by Gasteiger charge is 2.16. The van der Waals surface area contributed by atoms with Crippen LogP contribution in [0.4, 0.5) is 5.69 Å². The molecule has 0 saturated heterocycles. The maximum atomic E-state index is 12.0. The van der Waals surface area contributed by atoms with Gasteiger partial charge in [0.1, 0.15) is 0 Å². The Balaban J connectivity index is 2.88. The lowest BCUT2D eigenvalue weighted by atomic mass is 10.1. The molecule has 0 unspecified atom stereocenters. The van der Waals surface area contributed by atoms with E-state index in [4.69, 9.17) is 0 Å². The molecule has 6 heteroatoms. The first-order valence-corrected chi connectivity index (χ1v) is 6.64. The summed E-state index contributed by atoms with van der Waals surface area (Å²) >= 11 is 3.18. The zero-order valence-electron chi connectivity index (χ0n) is 10.6. The molecule has 0 bridgehead atoms. The fraction of sp³-hybridized carbons (Fsp3) is 0.308. The molecule has 1 atom stereocenters. The van der Waals surface area contributed by atoms with Gasteiger partial charge in [-0.15, -0.1) is 6.58 Å². The molecule has 0 saturated carbocycles.